The molecule has 1 amide bonds. The van der Waals surface area contributed by atoms with Crippen molar-refractivity contribution in [1.29, 1.82) is 0 Å². The van der Waals surface area contributed by atoms with Crippen molar-refractivity contribution in [2.75, 3.05) is 10.7 Å². The predicted molar refractivity (Wildman–Crippen MR) is 76.1 cm³/mol. The van der Waals surface area contributed by atoms with Crippen LogP contribution < -0.4 is 16.6 Å². The number of aromatic nitrogens is 3. The molecule has 0 unspecified atom stereocenters. The maximum atomic E-state index is 12.3. The summed E-state index contributed by atoms with van der Waals surface area (Å²) in [7, 11) is 0. The minimum atomic E-state index is -0.285. The molecule has 2 heterocycles. The molecule has 0 saturated heterocycles. The fourth-order valence-corrected chi connectivity index (χ4v) is 2.00. The number of carbonyl (C=O) groups excluding carboxylic acids is 1. The van der Waals surface area contributed by atoms with Crippen LogP contribution in [0.15, 0.2) is 42.9 Å². The summed E-state index contributed by atoms with van der Waals surface area (Å²) in [5, 5.41) is 4.21. The van der Waals surface area contributed by atoms with Gasteiger partial charge in [0.05, 0.1) is 5.56 Å². The molecule has 3 rings (SSSR count). The van der Waals surface area contributed by atoms with E-state index in [1.807, 2.05) is 24.3 Å². The molecule has 0 fully saturated rings. The number of nitrogens with one attached hydrogen (secondary N) is 3. The lowest BCUT2D eigenvalue weighted by molar-refractivity contribution is 0.102. The van der Waals surface area contributed by atoms with E-state index in [1.165, 1.54) is 6.20 Å². The van der Waals surface area contributed by atoms with Gasteiger partial charge < -0.3 is 10.4 Å². The molecule has 0 spiro atoms. The predicted octanol–water partition coefficient (Wildman–Crippen LogP) is 1.50. The van der Waals surface area contributed by atoms with Crippen LogP contribution in [0.2, 0.25) is 0 Å². The number of anilines is 2. The first kappa shape index (κ1) is 12.1. The average Bonchev–Trinajstić information content (AvgIpc) is 2.99. The number of benzene rings is 1. The number of nitrogens with zero attached hydrogens (tertiary/aromatic N) is 2. The zero-order chi connectivity index (χ0) is 13.9. The molecule has 0 radical (unpaired) electrons. The van der Waals surface area contributed by atoms with Crippen LogP contribution >= 0.6 is 0 Å². The number of hydrogen-bond acceptors (Lipinski definition) is 5. The normalized spacial score (nSPS) is 10.4. The van der Waals surface area contributed by atoms with Crippen LogP contribution in [0.1, 0.15) is 10.4 Å². The van der Waals surface area contributed by atoms with Crippen molar-refractivity contribution in [2.24, 2.45) is 5.84 Å². The third-order valence-corrected chi connectivity index (χ3v) is 2.91. The standard InChI is InChI=1S/C13H12N6O/c14-19-11-9-4-2-1-3-8(9)10(7-17-11)12(20)18-13-15-5-6-16-13/h1-7H,14H2,(H,17,19)(H2,15,16,18,20). The van der Waals surface area contributed by atoms with Gasteiger partial charge in [-0.2, -0.15) is 0 Å². The van der Waals surface area contributed by atoms with E-state index in [1.54, 1.807) is 12.4 Å². The van der Waals surface area contributed by atoms with Crippen LogP contribution in [0, 0.1) is 0 Å². The average molecular weight is 268 g/mol. The number of hydrogen-bond donors (Lipinski definition) is 4. The zero-order valence-corrected chi connectivity index (χ0v) is 10.4. The van der Waals surface area contributed by atoms with Crippen LogP contribution in [0.4, 0.5) is 11.8 Å². The van der Waals surface area contributed by atoms with Gasteiger partial charge in [-0.25, -0.2) is 15.8 Å². The van der Waals surface area contributed by atoms with Crippen LogP contribution in [-0.2, 0) is 0 Å². The Kier molecular flexibility index (Phi) is 3.02. The van der Waals surface area contributed by atoms with E-state index in [0.717, 1.165) is 10.8 Å². The molecule has 0 aliphatic carbocycles. The van der Waals surface area contributed by atoms with Crippen molar-refractivity contribution in [3.05, 3.63) is 48.4 Å². The smallest absolute Gasteiger partial charge is 0.260 e. The molecule has 3 aromatic rings. The number of hydrazine groups is 1. The van der Waals surface area contributed by atoms with Crippen molar-refractivity contribution >= 4 is 28.4 Å². The van der Waals surface area contributed by atoms with Crippen molar-refractivity contribution < 1.29 is 4.79 Å². The second-order valence-electron chi connectivity index (χ2n) is 4.10. The lowest BCUT2D eigenvalue weighted by Crippen LogP contribution is -2.15. The highest BCUT2D eigenvalue weighted by molar-refractivity contribution is 6.13. The van der Waals surface area contributed by atoms with Gasteiger partial charge in [0.1, 0.15) is 5.82 Å². The molecule has 0 atom stereocenters. The molecule has 100 valence electrons. The molecular formula is C13H12N6O. The summed E-state index contributed by atoms with van der Waals surface area (Å²) in [5.74, 6) is 6.05. The molecule has 2 aromatic heterocycles. The number of nitrogens with two attached hydrogens (primary N) is 1. The summed E-state index contributed by atoms with van der Waals surface area (Å²) in [6, 6.07) is 7.40. The Morgan fingerprint density at radius 1 is 1.20 bits per heavy atom. The van der Waals surface area contributed by atoms with Gasteiger partial charge in [-0.3, -0.25) is 10.1 Å². The summed E-state index contributed by atoms with van der Waals surface area (Å²) in [4.78, 5) is 23.2. The summed E-state index contributed by atoms with van der Waals surface area (Å²) in [6.07, 6.45) is 4.68. The van der Waals surface area contributed by atoms with Gasteiger partial charge in [-0.1, -0.05) is 24.3 Å². The molecule has 0 aliphatic heterocycles. The quantitative estimate of drug-likeness (QED) is 0.425. The minimum Gasteiger partial charge on any atom is -0.331 e. The SMILES string of the molecule is NNc1ncc(C(=O)Nc2ncc[nH]2)c2ccccc12. The van der Waals surface area contributed by atoms with Gasteiger partial charge in [-0.05, 0) is 5.39 Å². The lowest BCUT2D eigenvalue weighted by atomic mass is 10.1. The number of amides is 1. The number of imidazole rings is 1. The molecule has 0 bridgehead atoms. The number of H-pyrrole nitrogens is 1. The monoisotopic (exact) mass is 268 g/mol. The number of aromatic amines is 1. The van der Waals surface area contributed by atoms with Crippen molar-refractivity contribution in [2.45, 2.75) is 0 Å². The molecule has 7 nitrogen and oxygen atoms in total. The summed E-state index contributed by atoms with van der Waals surface area (Å²) >= 11 is 0. The maximum Gasteiger partial charge on any atom is 0.260 e. The van der Waals surface area contributed by atoms with Crippen LogP contribution in [-0.4, -0.2) is 20.9 Å². The number of pyridine rings is 1. The Morgan fingerprint density at radius 3 is 2.70 bits per heavy atom. The van der Waals surface area contributed by atoms with Gasteiger partial charge in [0.2, 0.25) is 5.95 Å². The van der Waals surface area contributed by atoms with Gasteiger partial charge >= 0.3 is 0 Å². The fraction of sp³-hybridized carbons (Fsp3) is 0. The van der Waals surface area contributed by atoms with Crippen molar-refractivity contribution in [1.82, 2.24) is 15.0 Å². The fourth-order valence-electron chi connectivity index (χ4n) is 2.00. The van der Waals surface area contributed by atoms with E-state index in [2.05, 4.69) is 25.7 Å². The second kappa shape index (κ2) is 4.98. The second-order valence-corrected chi connectivity index (χ2v) is 4.10. The zero-order valence-electron chi connectivity index (χ0n) is 10.4. The number of fused-ring (bicyclic) bond motifs is 1. The lowest BCUT2D eigenvalue weighted by Gasteiger charge is -2.09. The number of nitrogen functional groups attached to an aromatic ring is 1. The van der Waals surface area contributed by atoms with E-state index < -0.39 is 0 Å². The molecule has 20 heavy (non-hydrogen) atoms. The highest BCUT2D eigenvalue weighted by Gasteiger charge is 2.13. The Morgan fingerprint density at radius 2 is 2.00 bits per heavy atom. The Hall–Kier alpha value is -2.93. The first-order chi connectivity index (χ1) is 9.79. The summed E-state index contributed by atoms with van der Waals surface area (Å²) < 4.78 is 0. The first-order valence-corrected chi connectivity index (χ1v) is 5.94. The van der Waals surface area contributed by atoms with E-state index >= 15 is 0 Å². The minimum absolute atomic E-state index is 0.285. The molecule has 0 saturated carbocycles. The Balaban J connectivity index is 2.05. The molecule has 1 aromatic carbocycles. The van der Waals surface area contributed by atoms with Gasteiger partial charge in [0.15, 0.2) is 0 Å². The van der Waals surface area contributed by atoms with Crippen molar-refractivity contribution in [3.8, 4) is 0 Å². The van der Waals surface area contributed by atoms with E-state index in [4.69, 9.17) is 5.84 Å². The first-order valence-electron chi connectivity index (χ1n) is 5.94. The van der Waals surface area contributed by atoms with E-state index in [-0.39, 0.29) is 5.91 Å². The third kappa shape index (κ3) is 2.06. The number of rotatable bonds is 3. The summed E-state index contributed by atoms with van der Waals surface area (Å²) in [5.41, 5.74) is 2.97. The van der Waals surface area contributed by atoms with E-state index in [0.29, 0.717) is 17.3 Å². The van der Waals surface area contributed by atoms with Gasteiger partial charge in [0.25, 0.3) is 5.91 Å². The Bertz CT molecular complexity index is 753. The molecule has 5 N–H and O–H groups in total. The molecule has 7 heteroatoms. The van der Waals surface area contributed by atoms with Gasteiger partial charge in [-0.15, -0.1) is 0 Å². The Labute approximate surface area is 114 Å². The summed E-state index contributed by atoms with van der Waals surface area (Å²) in [6.45, 7) is 0. The highest BCUT2D eigenvalue weighted by atomic mass is 16.1. The van der Waals surface area contributed by atoms with Crippen LogP contribution in [0.25, 0.3) is 10.8 Å². The molecule has 0 aliphatic rings. The highest BCUT2D eigenvalue weighted by Crippen LogP contribution is 2.24. The number of carbonyl (C=O) groups is 1. The van der Waals surface area contributed by atoms with Gasteiger partial charge in [0, 0.05) is 24.0 Å². The maximum absolute atomic E-state index is 12.3. The topological polar surface area (TPSA) is 109 Å². The molecular weight excluding hydrogens is 256 g/mol. The largest absolute Gasteiger partial charge is 0.331 e. The van der Waals surface area contributed by atoms with E-state index in [9.17, 15) is 4.79 Å². The van der Waals surface area contributed by atoms with Crippen LogP contribution in [0.3, 0.4) is 0 Å². The third-order valence-electron chi connectivity index (χ3n) is 2.91. The van der Waals surface area contributed by atoms with Crippen LogP contribution in [0.5, 0.6) is 0 Å². The van der Waals surface area contributed by atoms with Crippen molar-refractivity contribution in [3.63, 3.8) is 0 Å².